The summed E-state index contributed by atoms with van der Waals surface area (Å²) in [5, 5.41) is 0. The second-order valence-electron chi connectivity index (χ2n) is 7.26. The molecular formula is C23H29NO2. The van der Waals surface area contributed by atoms with Gasteiger partial charge in [-0.2, -0.15) is 0 Å². The highest BCUT2D eigenvalue weighted by Gasteiger charge is 2.24. The van der Waals surface area contributed by atoms with Crippen LogP contribution in [-0.2, 0) is 11.2 Å². The first-order chi connectivity index (χ1) is 12.6. The minimum Gasteiger partial charge on any atom is -0.490 e. The van der Waals surface area contributed by atoms with E-state index in [9.17, 15) is 4.79 Å². The lowest BCUT2D eigenvalue weighted by Gasteiger charge is -2.33. The number of hydrogen-bond acceptors (Lipinski definition) is 2. The summed E-state index contributed by atoms with van der Waals surface area (Å²) in [5.74, 6) is 1.30. The predicted octanol–water partition coefficient (Wildman–Crippen LogP) is 4.70. The molecule has 3 nitrogen and oxygen atoms in total. The van der Waals surface area contributed by atoms with Crippen LogP contribution in [0.5, 0.6) is 5.75 Å². The topological polar surface area (TPSA) is 29.5 Å². The van der Waals surface area contributed by atoms with E-state index in [1.54, 1.807) is 0 Å². The van der Waals surface area contributed by atoms with Crippen molar-refractivity contribution in [3.8, 4) is 5.75 Å². The van der Waals surface area contributed by atoms with Crippen molar-refractivity contribution in [3.63, 3.8) is 0 Å². The first-order valence-corrected chi connectivity index (χ1v) is 9.68. The zero-order chi connectivity index (χ0) is 18.4. The fourth-order valence-electron chi connectivity index (χ4n) is 3.62. The van der Waals surface area contributed by atoms with E-state index >= 15 is 0 Å². The molecule has 1 aliphatic rings. The Hall–Kier alpha value is -2.29. The Balaban J connectivity index is 1.42. The van der Waals surface area contributed by atoms with Crippen molar-refractivity contribution in [3.05, 3.63) is 65.2 Å². The van der Waals surface area contributed by atoms with E-state index in [-0.39, 0.29) is 12.0 Å². The summed E-state index contributed by atoms with van der Waals surface area (Å²) in [5.41, 5.74) is 3.68. The SMILES string of the molecule is Cc1cccc(C)c1OC1CCN(C(=O)CCCc2ccccc2)CC1. The molecule has 1 fully saturated rings. The molecule has 138 valence electrons. The van der Waals surface area contributed by atoms with Crippen LogP contribution in [0.2, 0.25) is 0 Å². The van der Waals surface area contributed by atoms with Crippen molar-refractivity contribution in [1.82, 2.24) is 4.90 Å². The molecule has 0 N–H and O–H groups in total. The number of carbonyl (C=O) groups is 1. The van der Waals surface area contributed by atoms with Crippen molar-refractivity contribution in [2.75, 3.05) is 13.1 Å². The maximum absolute atomic E-state index is 12.4. The van der Waals surface area contributed by atoms with Crippen molar-refractivity contribution < 1.29 is 9.53 Å². The van der Waals surface area contributed by atoms with Crippen molar-refractivity contribution >= 4 is 5.91 Å². The molecule has 0 aliphatic carbocycles. The van der Waals surface area contributed by atoms with E-state index in [1.807, 2.05) is 11.0 Å². The molecule has 0 atom stereocenters. The fourth-order valence-corrected chi connectivity index (χ4v) is 3.62. The van der Waals surface area contributed by atoms with E-state index in [2.05, 4.69) is 56.3 Å². The lowest BCUT2D eigenvalue weighted by atomic mass is 10.0. The fraction of sp³-hybridized carbons (Fsp3) is 0.435. The van der Waals surface area contributed by atoms with Gasteiger partial charge in [0.25, 0.3) is 0 Å². The van der Waals surface area contributed by atoms with Gasteiger partial charge >= 0.3 is 0 Å². The zero-order valence-electron chi connectivity index (χ0n) is 15.9. The highest BCUT2D eigenvalue weighted by molar-refractivity contribution is 5.76. The van der Waals surface area contributed by atoms with E-state index < -0.39 is 0 Å². The lowest BCUT2D eigenvalue weighted by molar-refractivity contribution is -0.133. The van der Waals surface area contributed by atoms with Gasteiger partial charge in [-0.25, -0.2) is 0 Å². The van der Waals surface area contributed by atoms with Gasteiger partial charge in [-0.15, -0.1) is 0 Å². The molecule has 3 rings (SSSR count). The van der Waals surface area contributed by atoms with Crippen LogP contribution in [-0.4, -0.2) is 30.0 Å². The van der Waals surface area contributed by atoms with E-state index in [0.717, 1.165) is 44.5 Å². The van der Waals surface area contributed by atoms with Gasteiger partial charge in [-0.1, -0.05) is 48.5 Å². The Labute approximate surface area is 157 Å². The predicted molar refractivity (Wildman–Crippen MR) is 106 cm³/mol. The van der Waals surface area contributed by atoms with Gasteiger partial charge in [-0.3, -0.25) is 4.79 Å². The number of amides is 1. The lowest BCUT2D eigenvalue weighted by Crippen LogP contribution is -2.41. The average molecular weight is 351 g/mol. The minimum atomic E-state index is 0.211. The normalized spacial score (nSPS) is 15.1. The summed E-state index contributed by atoms with van der Waals surface area (Å²) < 4.78 is 6.25. The van der Waals surface area contributed by atoms with Crippen LogP contribution in [0.25, 0.3) is 0 Å². The van der Waals surface area contributed by atoms with Crippen LogP contribution in [0.15, 0.2) is 48.5 Å². The molecule has 0 bridgehead atoms. The molecule has 26 heavy (non-hydrogen) atoms. The quantitative estimate of drug-likeness (QED) is 0.755. The monoisotopic (exact) mass is 351 g/mol. The van der Waals surface area contributed by atoms with Gasteiger partial charge in [0, 0.05) is 32.4 Å². The molecule has 2 aromatic rings. The van der Waals surface area contributed by atoms with E-state index in [4.69, 9.17) is 4.74 Å². The summed E-state index contributed by atoms with van der Waals surface area (Å²) in [4.78, 5) is 14.5. The highest BCUT2D eigenvalue weighted by Crippen LogP contribution is 2.26. The van der Waals surface area contributed by atoms with Gasteiger partial charge in [0.15, 0.2) is 0 Å². The number of aryl methyl sites for hydroxylation is 3. The average Bonchev–Trinajstić information content (AvgIpc) is 2.66. The van der Waals surface area contributed by atoms with Crippen molar-refractivity contribution in [2.45, 2.75) is 52.1 Å². The Kier molecular flexibility index (Phi) is 6.32. The van der Waals surface area contributed by atoms with E-state index in [0.29, 0.717) is 6.42 Å². The molecule has 3 heteroatoms. The van der Waals surface area contributed by atoms with Crippen LogP contribution in [0.4, 0.5) is 0 Å². The number of para-hydroxylation sites is 1. The molecule has 0 saturated carbocycles. The number of hydrogen-bond donors (Lipinski definition) is 0. The highest BCUT2D eigenvalue weighted by atomic mass is 16.5. The second kappa shape index (κ2) is 8.88. The second-order valence-corrected chi connectivity index (χ2v) is 7.26. The number of benzene rings is 2. The summed E-state index contributed by atoms with van der Waals surface area (Å²) in [6, 6.07) is 16.6. The molecule has 0 unspecified atom stereocenters. The van der Waals surface area contributed by atoms with Gasteiger partial charge in [0.2, 0.25) is 5.91 Å². The van der Waals surface area contributed by atoms with Gasteiger partial charge in [0.05, 0.1) is 0 Å². The minimum absolute atomic E-state index is 0.211. The van der Waals surface area contributed by atoms with Gasteiger partial charge < -0.3 is 9.64 Å². The Morgan fingerprint density at radius 1 is 1.00 bits per heavy atom. The summed E-state index contributed by atoms with van der Waals surface area (Å²) in [6.07, 6.45) is 4.57. The Bertz CT molecular complexity index is 698. The molecule has 2 aromatic carbocycles. The van der Waals surface area contributed by atoms with Crippen molar-refractivity contribution in [1.29, 1.82) is 0 Å². The number of nitrogens with zero attached hydrogens (tertiary/aromatic N) is 1. The van der Waals surface area contributed by atoms with Crippen LogP contribution in [0.1, 0.15) is 42.4 Å². The zero-order valence-corrected chi connectivity index (χ0v) is 15.9. The standard InChI is InChI=1S/C23H29NO2/c1-18-8-6-9-19(2)23(18)26-21-14-16-24(17-15-21)22(25)13-7-12-20-10-4-3-5-11-20/h3-6,8-11,21H,7,12-17H2,1-2H3. The number of carbonyl (C=O) groups excluding carboxylic acids is 1. The smallest absolute Gasteiger partial charge is 0.222 e. The third-order valence-electron chi connectivity index (χ3n) is 5.19. The number of likely N-dealkylation sites (tertiary alicyclic amines) is 1. The molecule has 0 aromatic heterocycles. The molecular weight excluding hydrogens is 322 g/mol. The van der Waals surface area contributed by atoms with Crippen LogP contribution >= 0.6 is 0 Å². The van der Waals surface area contributed by atoms with E-state index in [1.165, 1.54) is 16.7 Å². The first kappa shape index (κ1) is 18.5. The third kappa shape index (κ3) is 4.87. The van der Waals surface area contributed by atoms with Crippen LogP contribution < -0.4 is 4.74 Å². The van der Waals surface area contributed by atoms with Gasteiger partial charge in [-0.05, 0) is 43.4 Å². The molecule has 1 aliphatic heterocycles. The summed E-state index contributed by atoms with van der Waals surface area (Å²) in [7, 11) is 0. The van der Waals surface area contributed by atoms with Gasteiger partial charge in [0.1, 0.15) is 11.9 Å². The van der Waals surface area contributed by atoms with Crippen LogP contribution in [0.3, 0.4) is 0 Å². The molecule has 1 saturated heterocycles. The Morgan fingerprint density at radius 3 is 2.31 bits per heavy atom. The largest absolute Gasteiger partial charge is 0.490 e. The number of ether oxygens (including phenoxy) is 1. The molecule has 0 spiro atoms. The maximum atomic E-state index is 12.4. The summed E-state index contributed by atoms with van der Waals surface area (Å²) in [6.45, 7) is 5.79. The third-order valence-corrected chi connectivity index (χ3v) is 5.19. The molecule has 1 amide bonds. The van der Waals surface area contributed by atoms with Crippen LogP contribution in [0, 0.1) is 13.8 Å². The number of piperidine rings is 1. The maximum Gasteiger partial charge on any atom is 0.222 e. The van der Waals surface area contributed by atoms with Crippen molar-refractivity contribution in [2.24, 2.45) is 0 Å². The molecule has 1 heterocycles. The summed E-state index contributed by atoms with van der Waals surface area (Å²) >= 11 is 0. The Morgan fingerprint density at radius 2 is 1.65 bits per heavy atom. The first-order valence-electron chi connectivity index (χ1n) is 9.68. The molecule has 0 radical (unpaired) electrons. The number of rotatable bonds is 6.